The minimum Gasteiger partial charge on any atom is -0.425 e. The maximum Gasteiger partial charge on any atom is 0.328 e. The molecule has 12 nitrogen and oxygen atoms in total. The fourth-order valence-corrected chi connectivity index (χ4v) is 5.28. The van der Waals surface area contributed by atoms with Gasteiger partial charge in [0.15, 0.2) is 10.3 Å². The quantitative estimate of drug-likeness (QED) is 0.0940. The Morgan fingerprint density at radius 1 is 0.694 bits per heavy atom. The SMILES string of the molecule is CC[C@H](C)[C@H](N)C(=O)Oc1ccccc1C(=O)Nc1ncc(C)s1.CC[C@H](C)[C@H](N)C(=O)Oc1ccccc1C(=O)Nc1ncc(C)s1.Cl. The molecule has 0 spiro atoms. The summed E-state index contributed by atoms with van der Waals surface area (Å²) in [5.41, 5.74) is 12.3. The molecule has 0 aliphatic heterocycles. The monoisotopic (exact) mass is 730 g/mol. The lowest BCUT2D eigenvalue weighted by atomic mass is 10.0. The van der Waals surface area contributed by atoms with Gasteiger partial charge in [-0.25, -0.2) is 19.6 Å². The van der Waals surface area contributed by atoms with Crippen molar-refractivity contribution in [1.29, 1.82) is 0 Å². The number of benzene rings is 2. The maximum atomic E-state index is 12.4. The summed E-state index contributed by atoms with van der Waals surface area (Å²) >= 11 is 2.74. The molecule has 4 aromatic rings. The molecule has 15 heteroatoms. The number of carbonyl (C=O) groups excluding carboxylic acids is 4. The van der Waals surface area contributed by atoms with Gasteiger partial charge >= 0.3 is 11.9 Å². The van der Waals surface area contributed by atoms with E-state index >= 15 is 0 Å². The summed E-state index contributed by atoms with van der Waals surface area (Å²) < 4.78 is 10.7. The lowest BCUT2D eigenvalue weighted by Crippen LogP contribution is -2.39. The number of aromatic nitrogens is 2. The molecule has 2 aromatic heterocycles. The van der Waals surface area contributed by atoms with Gasteiger partial charge in [0.1, 0.15) is 23.6 Å². The predicted molar refractivity (Wildman–Crippen MR) is 196 cm³/mol. The number of hydrogen-bond donors (Lipinski definition) is 4. The van der Waals surface area contributed by atoms with Gasteiger partial charge in [-0.2, -0.15) is 0 Å². The third-order valence-corrected chi connectivity index (χ3v) is 9.08. The largest absolute Gasteiger partial charge is 0.425 e. The molecule has 4 atom stereocenters. The molecular formula is C34H43ClN6O6S2. The molecule has 2 heterocycles. The van der Waals surface area contributed by atoms with Gasteiger partial charge in [-0.15, -0.1) is 35.1 Å². The number of amides is 2. The highest BCUT2D eigenvalue weighted by molar-refractivity contribution is 7.16. The standard InChI is InChI=1S/2C17H21N3O3S.ClH/c2*1-4-10(2)14(18)16(22)23-13-8-6-5-7-12(13)15(21)20-17-19-9-11(3)24-17;/h2*5-10,14H,4,18H2,1-3H3,(H,19,20,21);1H/t2*10-,14-;/m00./s1. The number of esters is 2. The van der Waals surface area contributed by atoms with E-state index in [-0.39, 0.29) is 58.7 Å². The number of nitrogens with one attached hydrogen (secondary N) is 2. The number of rotatable bonds is 12. The molecule has 0 saturated carbocycles. The van der Waals surface area contributed by atoms with Gasteiger partial charge in [-0.3, -0.25) is 20.2 Å². The van der Waals surface area contributed by atoms with E-state index in [2.05, 4.69) is 20.6 Å². The fraction of sp³-hybridized carbons (Fsp3) is 0.353. The lowest BCUT2D eigenvalue weighted by molar-refractivity contribution is -0.137. The summed E-state index contributed by atoms with van der Waals surface area (Å²) in [5.74, 6) is -1.49. The van der Waals surface area contributed by atoms with E-state index in [1.165, 1.54) is 22.7 Å². The third-order valence-electron chi connectivity index (χ3n) is 7.43. The average molecular weight is 731 g/mol. The fourth-order valence-electron chi connectivity index (χ4n) is 3.97. The Hall–Kier alpha value is -4.21. The van der Waals surface area contributed by atoms with Crippen LogP contribution in [0.1, 0.15) is 71.0 Å². The molecule has 6 N–H and O–H groups in total. The van der Waals surface area contributed by atoms with Gasteiger partial charge in [-0.1, -0.05) is 64.8 Å². The van der Waals surface area contributed by atoms with Crippen LogP contribution in [-0.4, -0.2) is 45.8 Å². The normalized spacial score (nSPS) is 12.9. The smallest absolute Gasteiger partial charge is 0.328 e. The summed E-state index contributed by atoms with van der Waals surface area (Å²) in [6.07, 6.45) is 4.89. The summed E-state index contributed by atoms with van der Waals surface area (Å²) in [6, 6.07) is 11.7. The summed E-state index contributed by atoms with van der Waals surface area (Å²) in [5, 5.41) is 6.39. The minimum absolute atomic E-state index is 0. The predicted octanol–water partition coefficient (Wildman–Crippen LogP) is 6.39. The van der Waals surface area contributed by atoms with Crippen molar-refractivity contribution in [3.05, 3.63) is 81.8 Å². The third kappa shape index (κ3) is 12.0. The van der Waals surface area contributed by atoms with Crippen molar-refractivity contribution in [3.8, 4) is 11.5 Å². The first kappa shape index (κ1) is 41.0. The Balaban J connectivity index is 0.000000333. The van der Waals surface area contributed by atoms with Gasteiger partial charge in [0.25, 0.3) is 11.8 Å². The Labute approximate surface area is 300 Å². The van der Waals surface area contributed by atoms with Crippen molar-refractivity contribution in [1.82, 2.24) is 9.97 Å². The number of hydrogen-bond acceptors (Lipinski definition) is 12. The topological polar surface area (TPSA) is 189 Å². The van der Waals surface area contributed by atoms with Crippen LogP contribution in [0.2, 0.25) is 0 Å². The first-order chi connectivity index (χ1) is 22.8. The van der Waals surface area contributed by atoms with Crippen LogP contribution in [-0.2, 0) is 9.59 Å². The first-order valence-corrected chi connectivity index (χ1v) is 17.1. The van der Waals surface area contributed by atoms with Gasteiger partial charge in [-0.05, 0) is 49.9 Å². The van der Waals surface area contributed by atoms with Crippen LogP contribution in [0.3, 0.4) is 0 Å². The first-order valence-electron chi connectivity index (χ1n) is 15.4. The zero-order valence-electron chi connectivity index (χ0n) is 28.2. The second-order valence-corrected chi connectivity index (χ2v) is 13.6. The maximum absolute atomic E-state index is 12.4. The van der Waals surface area contributed by atoms with E-state index in [1.807, 2.05) is 41.5 Å². The Kier molecular flexibility index (Phi) is 16.5. The molecule has 0 fully saturated rings. The zero-order chi connectivity index (χ0) is 35.4. The minimum atomic E-state index is -0.729. The number of aryl methyl sites for hydroxylation is 2. The van der Waals surface area contributed by atoms with Crippen molar-refractivity contribution in [2.75, 3.05) is 10.6 Å². The second-order valence-electron chi connectivity index (χ2n) is 11.1. The Morgan fingerprint density at radius 2 is 1.04 bits per heavy atom. The number of halogens is 1. The van der Waals surface area contributed by atoms with E-state index < -0.39 is 24.0 Å². The average Bonchev–Trinajstić information content (AvgIpc) is 3.69. The van der Waals surface area contributed by atoms with Crippen molar-refractivity contribution >= 4 is 69.1 Å². The van der Waals surface area contributed by atoms with Crippen LogP contribution >= 0.6 is 35.1 Å². The van der Waals surface area contributed by atoms with E-state index in [0.29, 0.717) is 10.3 Å². The molecule has 2 amide bonds. The molecule has 264 valence electrons. The van der Waals surface area contributed by atoms with E-state index in [1.54, 1.807) is 60.9 Å². The molecule has 0 bridgehead atoms. The summed E-state index contributed by atoms with van der Waals surface area (Å²) in [4.78, 5) is 59.3. The molecular weight excluding hydrogens is 688 g/mol. The number of nitrogens with zero attached hydrogens (tertiary/aromatic N) is 2. The lowest BCUT2D eigenvalue weighted by Gasteiger charge is -2.17. The second kappa shape index (κ2) is 19.7. The van der Waals surface area contributed by atoms with Crippen LogP contribution in [0.4, 0.5) is 10.3 Å². The number of nitrogens with two attached hydrogens (primary N) is 2. The van der Waals surface area contributed by atoms with E-state index in [4.69, 9.17) is 20.9 Å². The number of anilines is 2. The highest BCUT2D eigenvalue weighted by Crippen LogP contribution is 2.24. The number of ether oxygens (including phenoxy) is 2. The Morgan fingerprint density at radius 3 is 1.35 bits per heavy atom. The summed E-state index contributed by atoms with van der Waals surface area (Å²) in [6.45, 7) is 11.5. The van der Waals surface area contributed by atoms with Gasteiger partial charge < -0.3 is 20.9 Å². The molecule has 2 aromatic carbocycles. The number of thiazole rings is 2. The van der Waals surface area contributed by atoms with Crippen molar-refractivity contribution in [2.24, 2.45) is 23.3 Å². The van der Waals surface area contributed by atoms with Crippen LogP contribution in [0.5, 0.6) is 11.5 Å². The Bertz CT molecular complexity index is 1590. The van der Waals surface area contributed by atoms with Gasteiger partial charge in [0, 0.05) is 22.1 Å². The van der Waals surface area contributed by atoms with Crippen LogP contribution in [0.15, 0.2) is 60.9 Å². The van der Waals surface area contributed by atoms with E-state index in [0.717, 1.165) is 22.6 Å². The molecule has 0 saturated heterocycles. The molecule has 0 aliphatic carbocycles. The summed E-state index contributed by atoms with van der Waals surface area (Å²) in [7, 11) is 0. The van der Waals surface area contributed by atoms with Crippen molar-refractivity contribution in [3.63, 3.8) is 0 Å². The molecule has 0 aliphatic rings. The number of para-hydroxylation sites is 2. The van der Waals surface area contributed by atoms with Crippen LogP contribution in [0.25, 0.3) is 0 Å². The molecule has 49 heavy (non-hydrogen) atoms. The van der Waals surface area contributed by atoms with Crippen molar-refractivity contribution < 1.29 is 28.7 Å². The highest BCUT2D eigenvalue weighted by atomic mass is 35.5. The van der Waals surface area contributed by atoms with Crippen LogP contribution in [0, 0.1) is 25.7 Å². The van der Waals surface area contributed by atoms with Gasteiger partial charge in [0.2, 0.25) is 0 Å². The van der Waals surface area contributed by atoms with E-state index in [9.17, 15) is 19.2 Å². The zero-order valence-corrected chi connectivity index (χ0v) is 30.7. The number of carbonyl (C=O) groups is 4. The molecule has 0 unspecified atom stereocenters. The van der Waals surface area contributed by atoms with Gasteiger partial charge in [0.05, 0.1) is 11.1 Å². The van der Waals surface area contributed by atoms with Crippen LogP contribution < -0.4 is 31.6 Å². The van der Waals surface area contributed by atoms with Crippen molar-refractivity contribution in [2.45, 2.75) is 66.5 Å². The highest BCUT2D eigenvalue weighted by Gasteiger charge is 2.25. The molecule has 4 rings (SSSR count). The molecule has 0 radical (unpaired) electrons.